The number of esters is 1. The summed E-state index contributed by atoms with van der Waals surface area (Å²) in [6, 6.07) is 17.6. The van der Waals surface area contributed by atoms with Crippen molar-refractivity contribution in [2.75, 3.05) is 18.1 Å². The lowest BCUT2D eigenvalue weighted by Crippen LogP contribution is -2.34. The zero-order valence-corrected chi connectivity index (χ0v) is 20.2. The molecule has 0 radical (unpaired) electrons. The first kappa shape index (κ1) is 24.6. The fourth-order valence-corrected chi connectivity index (χ4v) is 3.91. The molecule has 0 bridgehead atoms. The van der Waals surface area contributed by atoms with Crippen LogP contribution in [-0.4, -0.2) is 25.1 Å². The van der Waals surface area contributed by atoms with E-state index in [-0.39, 0.29) is 25.7 Å². The first-order chi connectivity index (χ1) is 15.8. The van der Waals surface area contributed by atoms with Crippen LogP contribution in [0.15, 0.2) is 60.7 Å². The minimum atomic E-state index is -0.422. The first-order valence-corrected chi connectivity index (χ1v) is 11.3. The summed E-state index contributed by atoms with van der Waals surface area (Å²) in [5.74, 6) is -0.0857. The Morgan fingerprint density at radius 1 is 0.909 bits per heavy atom. The van der Waals surface area contributed by atoms with Crippen LogP contribution in [0.5, 0.6) is 5.75 Å². The van der Waals surface area contributed by atoms with Gasteiger partial charge in [0.1, 0.15) is 5.75 Å². The molecule has 1 amide bonds. The van der Waals surface area contributed by atoms with E-state index in [9.17, 15) is 9.59 Å². The molecule has 5 nitrogen and oxygen atoms in total. The van der Waals surface area contributed by atoms with Crippen molar-refractivity contribution in [3.05, 3.63) is 93.0 Å². The van der Waals surface area contributed by atoms with Crippen LogP contribution in [0, 0.1) is 13.8 Å². The lowest BCUT2D eigenvalue weighted by atomic mass is 10.1. The molecular formula is C26H25Cl2NO4. The second kappa shape index (κ2) is 11.2. The normalized spacial score (nSPS) is 10.6. The largest absolute Gasteiger partial charge is 0.484 e. The van der Waals surface area contributed by atoms with Crippen LogP contribution >= 0.6 is 23.2 Å². The fraction of sp³-hybridized carbons (Fsp3) is 0.231. The number of halogens is 2. The van der Waals surface area contributed by atoms with Gasteiger partial charge in [0.15, 0.2) is 6.61 Å². The van der Waals surface area contributed by atoms with E-state index in [4.69, 9.17) is 32.7 Å². The maximum absolute atomic E-state index is 13.3. The first-order valence-electron chi connectivity index (χ1n) is 10.5. The molecule has 3 aromatic carbocycles. The van der Waals surface area contributed by atoms with Crippen LogP contribution in [0.3, 0.4) is 0 Å². The predicted octanol–water partition coefficient (Wildman–Crippen LogP) is 6.40. The SMILES string of the molecule is CCOC(=O)c1ccc(N(Cc2c(Cl)cccc2Cl)C(=O)COc2cc(C)cc(C)c2)cc1. The molecule has 0 aliphatic carbocycles. The fourth-order valence-electron chi connectivity index (χ4n) is 3.40. The lowest BCUT2D eigenvalue weighted by molar-refractivity contribution is -0.120. The number of anilines is 1. The molecule has 0 heterocycles. The Labute approximate surface area is 203 Å². The number of nitrogens with zero attached hydrogens (tertiary/aromatic N) is 1. The van der Waals surface area contributed by atoms with Crippen molar-refractivity contribution in [1.29, 1.82) is 0 Å². The highest BCUT2D eigenvalue weighted by Crippen LogP contribution is 2.28. The molecule has 3 rings (SSSR count). The second-order valence-electron chi connectivity index (χ2n) is 7.56. The summed E-state index contributed by atoms with van der Waals surface area (Å²) >= 11 is 12.7. The van der Waals surface area contributed by atoms with Gasteiger partial charge in [-0.3, -0.25) is 4.79 Å². The smallest absolute Gasteiger partial charge is 0.338 e. The van der Waals surface area contributed by atoms with Gasteiger partial charge in [0, 0.05) is 21.3 Å². The van der Waals surface area contributed by atoms with Crippen LogP contribution in [0.1, 0.15) is 34.0 Å². The molecule has 0 aliphatic heterocycles. The molecule has 0 fully saturated rings. The molecule has 0 atom stereocenters. The average Bonchev–Trinajstić information content (AvgIpc) is 2.77. The number of rotatable bonds is 8. The van der Waals surface area contributed by atoms with Crippen molar-refractivity contribution in [1.82, 2.24) is 0 Å². The number of carbonyl (C=O) groups excluding carboxylic acids is 2. The van der Waals surface area contributed by atoms with Gasteiger partial charge in [0.2, 0.25) is 0 Å². The molecule has 0 N–H and O–H groups in total. The number of carbonyl (C=O) groups is 2. The third kappa shape index (κ3) is 6.50. The van der Waals surface area contributed by atoms with Crippen LogP contribution in [0.2, 0.25) is 10.0 Å². The van der Waals surface area contributed by atoms with Crippen molar-refractivity contribution in [3.8, 4) is 5.75 Å². The summed E-state index contributed by atoms with van der Waals surface area (Å²) in [6.07, 6.45) is 0. The number of hydrogen-bond acceptors (Lipinski definition) is 4. The molecule has 3 aromatic rings. The third-order valence-corrected chi connectivity index (χ3v) is 5.63. The molecule has 172 valence electrons. The van der Waals surface area contributed by atoms with E-state index in [1.165, 1.54) is 4.90 Å². The van der Waals surface area contributed by atoms with E-state index < -0.39 is 5.97 Å². The zero-order valence-electron chi connectivity index (χ0n) is 18.7. The summed E-state index contributed by atoms with van der Waals surface area (Å²) < 4.78 is 10.8. The molecule has 0 saturated carbocycles. The van der Waals surface area contributed by atoms with Gasteiger partial charge in [-0.25, -0.2) is 4.79 Å². The number of hydrogen-bond donors (Lipinski definition) is 0. The number of amides is 1. The number of benzene rings is 3. The molecule has 0 aliphatic rings. The van der Waals surface area contributed by atoms with Crippen LogP contribution < -0.4 is 9.64 Å². The molecule has 0 unspecified atom stereocenters. The Morgan fingerprint density at radius 2 is 1.52 bits per heavy atom. The molecular weight excluding hydrogens is 461 g/mol. The zero-order chi connectivity index (χ0) is 24.0. The molecule has 0 spiro atoms. The van der Waals surface area contributed by atoms with Crippen LogP contribution in [0.25, 0.3) is 0 Å². The quantitative estimate of drug-likeness (QED) is 0.346. The van der Waals surface area contributed by atoms with Crippen LogP contribution in [-0.2, 0) is 16.1 Å². The van der Waals surface area contributed by atoms with E-state index in [1.54, 1.807) is 49.4 Å². The molecule has 0 saturated heterocycles. The minimum Gasteiger partial charge on any atom is -0.484 e. The van der Waals surface area contributed by atoms with Crippen molar-refractivity contribution < 1.29 is 19.1 Å². The van der Waals surface area contributed by atoms with Gasteiger partial charge in [-0.15, -0.1) is 0 Å². The monoisotopic (exact) mass is 485 g/mol. The minimum absolute atomic E-state index is 0.145. The lowest BCUT2D eigenvalue weighted by Gasteiger charge is -2.24. The van der Waals surface area contributed by atoms with Gasteiger partial charge < -0.3 is 14.4 Å². The second-order valence-corrected chi connectivity index (χ2v) is 8.37. The van der Waals surface area contributed by atoms with Gasteiger partial charge in [-0.2, -0.15) is 0 Å². The standard InChI is InChI=1S/C26H25Cl2NO4/c1-4-32-26(31)19-8-10-20(11-9-19)29(15-22-23(27)6-5-7-24(22)28)25(30)16-33-21-13-17(2)12-18(3)14-21/h5-14H,4,15-16H2,1-3H3. The molecule has 7 heteroatoms. The summed E-state index contributed by atoms with van der Waals surface area (Å²) in [4.78, 5) is 26.8. The third-order valence-electron chi connectivity index (χ3n) is 4.93. The highest BCUT2D eigenvalue weighted by atomic mass is 35.5. The van der Waals surface area contributed by atoms with Gasteiger partial charge in [-0.05, 0) is 80.4 Å². The summed E-state index contributed by atoms with van der Waals surface area (Å²) in [5, 5.41) is 0.914. The van der Waals surface area contributed by atoms with Gasteiger partial charge >= 0.3 is 5.97 Å². The summed E-state index contributed by atoms with van der Waals surface area (Å²) in [5.41, 5.74) is 3.69. The Bertz CT molecular complexity index is 1110. The molecule has 0 aromatic heterocycles. The number of ether oxygens (including phenoxy) is 2. The highest BCUT2D eigenvalue weighted by Gasteiger charge is 2.20. The van der Waals surface area contributed by atoms with E-state index >= 15 is 0 Å². The predicted molar refractivity (Wildman–Crippen MR) is 131 cm³/mol. The Hall–Kier alpha value is -3.02. The Balaban J connectivity index is 1.87. The summed E-state index contributed by atoms with van der Waals surface area (Å²) in [6.45, 7) is 5.94. The van der Waals surface area contributed by atoms with Crippen molar-refractivity contribution in [2.45, 2.75) is 27.3 Å². The Morgan fingerprint density at radius 3 is 2.09 bits per heavy atom. The summed E-state index contributed by atoms with van der Waals surface area (Å²) in [7, 11) is 0. The maximum atomic E-state index is 13.3. The topological polar surface area (TPSA) is 55.8 Å². The van der Waals surface area contributed by atoms with Gasteiger partial charge in [0.05, 0.1) is 18.7 Å². The highest BCUT2D eigenvalue weighted by molar-refractivity contribution is 6.36. The van der Waals surface area contributed by atoms with E-state index in [2.05, 4.69) is 0 Å². The van der Waals surface area contributed by atoms with Gasteiger partial charge in [-0.1, -0.05) is 35.3 Å². The van der Waals surface area contributed by atoms with E-state index in [0.29, 0.717) is 32.6 Å². The van der Waals surface area contributed by atoms with Crippen molar-refractivity contribution >= 4 is 40.8 Å². The Kier molecular flexibility index (Phi) is 8.37. The van der Waals surface area contributed by atoms with Gasteiger partial charge in [0.25, 0.3) is 5.91 Å². The molecule has 33 heavy (non-hydrogen) atoms. The average molecular weight is 486 g/mol. The van der Waals surface area contributed by atoms with Crippen molar-refractivity contribution in [2.24, 2.45) is 0 Å². The van der Waals surface area contributed by atoms with Crippen molar-refractivity contribution in [3.63, 3.8) is 0 Å². The van der Waals surface area contributed by atoms with Crippen LogP contribution in [0.4, 0.5) is 5.69 Å². The van der Waals surface area contributed by atoms with E-state index in [0.717, 1.165) is 11.1 Å². The number of aryl methyl sites for hydroxylation is 2. The maximum Gasteiger partial charge on any atom is 0.338 e. The van der Waals surface area contributed by atoms with E-state index in [1.807, 2.05) is 32.0 Å².